The number of likely N-dealkylation sites (tertiary alicyclic amines) is 1. The Morgan fingerprint density at radius 1 is 1.24 bits per heavy atom. The Balaban J connectivity index is 2.01. The average Bonchev–Trinajstić information content (AvgIpc) is 3.26. The lowest BCUT2D eigenvalue weighted by Crippen LogP contribution is -2.43. The lowest BCUT2D eigenvalue weighted by Gasteiger charge is -2.30. The summed E-state index contributed by atoms with van der Waals surface area (Å²) in [4.78, 5) is 40.3. The largest absolute Gasteiger partial charge is 0.341 e. The number of carbonyl (C=O) groups is 2. The van der Waals surface area contributed by atoms with E-state index >= 15 is 0 Å². The van der Waals surface area contributed by atoms with Crippen LogP contribution in [0.1, 0.15) is 46.1 Å². The monoisotopic (exact) mass is 432 g/mol. The van der Waals surface area contributed by atoms with Crippen LogP contribution in [-0.2, 0) is 16.1 Å². The zero-order chi connectivity index (χ0) is 21.2. The number of aromatic nitrogens is 1. The van der Waals surface area contributed by atoms with Gasteiger partial charge in [0.25, 0.3) is 5.56 Å². The number of thiazole rings is 1. The summed E-state index contributed by atoms with van der Waals surface area (Å²) in [5.41, 5.74) is 0.188. The third-order valence-corrected chi connectivity index (χ3v) is 6.96. The number of Topliss-reactive ketones (excluding diaryl/α,β-unsaturated/α-hetero) is 1. The summed E-state index contributed by atoms with van der Waals surface area (Å²) in [6, 6.07) is 1.94. The fraction of sp³-hybridized carbons (Fsp3) is 0.500. The first-order chi connectivity index (χ1) is 13.6. The fourth-order valence-electron chi connectivity index (χ4n) is 3.12. The van der Waals surface area contributed by atoms with E-state index in [1.807, 2.05) is 48.6 Å². The second-order valence-corrected chi connectivity index (χ2v) is 10.6. The maximum absolute atomic E-state index is 13.1. The van der Waals surface area contributed by atoms with Gasteiger partial charge in [0.1, 0.15) is 11.2 Å². The fourth-order valence-corrected chi connectivity index (χ4v) is 4.78. The highest BCUT2D eigenvalue weighted by molar-refractivity contribution is 7.08. The number of hydrogen-bond acceptors (Lipinski definition) is 5. The zero-order valence-corrected chi connectivity index (χ0v) is 19.1. The lowest BCUT2D eigenvalue weighted by atomic mass is 9.91. The van der Waals surface area contributed by atoms with Crippen LogP contribution in [0, 0.1) is 11.3 Å². The van der Waals surface area contributed by atoms with Gasteiger partial charge in [-0.25, -0.2) is 0 Å². The van der Waals surface area contributed by atoms with E-state index in [0.717, 1.165) is 31.5 Å². The van der Waals surface area contributed by atoms with Crippen molar-refractivity contribution in [3.05, 3.63) is 41.9 Å². The predicted molar refractivity (Wildman–Crippen MR) is 120 cm³/mol. The Labute approximate surface area is 179 Å². The summed E-state index contributed by atoms with van der Waals surface area (Å²) >= 11 is 2.83. The minimum Gasteiger partial charge on any atom is -0.341 e. The highest BCUT2D eigenvalue weighted by atomic mass is 32.1. The molecule has 0 saturated carbocycles. The second-order valence-electron chi connectivity index (χ2n) is 8.72. The van der Waals surface area contributed by atoms with E-state index in [4.69, 9.17) is 0 Å². The van der Waals surface area contributed by atoms with Crippen molar-refractivity contribution < 1.29 is 9.59 Å². The molecule has 156 valence electrons. The summed E-state index contributed by atoms with van der Waals surface area (Å²) in [7, 11) is 0. The summed E-state index contributed by atoms with van der Waals surface area (Å²) in [5, 5.41) is 3.92. The number of amides is 1. The van der Waals surface area contributed by atoms with Crippen LogP contribution in [0.5, 0.6) is 0 Å². The molecule has 1 amide bonds. The van der Waals surface area contributed by atoms with Gasteiger partial charge in [0.15, 0.2) is 5.78 Å². The molecule has 7 heteroatoms. The first-order valence-electron chi connectivity index (χ1n) is 9.92. The minimum absolute atomic E-state index is 0.0234. The van der Waals surface area contributed by atoms with Gasteiger partial charge in [-0.05, 0) is 47.2 Å². The van der Waals surface area contributed by atoms with Crippen molar-refractivity contribution in [3.8, 4) is 0 Å². The molecule has 0 atom stereocenters. The molecule has 1 aliphatic heterocycles. The van der Waals surface area contributed by atoms with Crippen LogP contribution in [-0.4, -0.2) is 34.2 Å². The molecule has 5 nitrogen and oxygen atoms in total. The van der Waals surface area contributed by atoms with Crippen molar-refractivity contribution in [2.45, 2.75) is 47.1 Å². The van der Waals surface area contributed by atoms with Crippen LogP contribution in [0.25, 0.3) is 12.2 Å². The standard InChI is InChI=1S/C22H28N2O3S2/c1-15-5-8-23(9-6-15)19(26)13-24-20(12-18(25)22(2,3)4)29-17(21(24)27)11-16-7-10-28-14-16/h7,10-12,14-15H,5-6,8-9,13H2,1-4H3/b17-11+,20-12-. The van der Waals surface area contributed by atoms with E-state index < -0.39 is 5.41 Å². The first kappa shape index (κ1) is 21.7. The molecular weight excluding hydrogens is 404 g/mol. The lowest BCUT2D eigenvalue weighted by molar-refractivity contribution is -0.133. The van der Waals surface area contributed by atoms with Crippen molar-refractivity contribution in [2.75, 3.05) is 13.1 Å². The van der Waals surface area contributed by atoms with Crippen molar-refractivity contribution in [3.63, 3.8) is 0 Å². The number of carbonyl (C=O) groups excluding carboxylic acids is 2. The molecule has 2 aromatic rings. The van der Waals surface area contributed by atoms with Crippen LogP contribution in [0.3, 0.4) is 0 Å². The first-order valence-corrected chi connectivity index (χ1v) is 11.7. The maximum Gasteiger partial charge on any atom is 0.269 e. The van der Waals surface area contributed by atoms with Gasteiger partial charge >= 0.3 is 0 Å². The van der Waals surface area contributed by atoms with Crippen LogP contribution >= 0.6 is 22.7 Å². The highest BCUT2D eigenvalue weighted by Crippen LogP contribution is 2.16. The van der Waals surface area contributed by atoms with Crippen LogP contribution < -0.4 is 14.8 Å². The topological polar surface area (TPSA) is 59.4 Å². The molecule has 0 unspecified atom stereocenters. The molecular formula is C22H28N2O3S2. The van der Waals surface area contributed by atoms with Crippen LogP contribution in [0.15, 0.2) is 21.6 Å². The minimum atomic E-state index is -0.547. The zero-order valence-electron chi connectivity index (χ0n) is 17.4. The van der Waals surface area contributed by atoms with Gasteiger partial charge in [0.05, 0.1) is 4.53 Å². The number of ketones is 1. The number of rotatable bonds is 4. The third kappa shape index (κ3) is 5.34. The molecule has 3 rings (SSSR count). The number of nitrogens with zero attached hydrogens (tertiary/aromatic N) is 2. The van der Waals surface area contributed by atoms with E-state index in [1.165, 1.54) is 22.0 Å². The molecule has 0 radical (unpaired) electrons. The molecule has 1 aliphatic rings. The average molecular weight is 433 g/mol. The van der Waals surface area contributed by atoms with Gasteiger partial charge in [-0.3, -0.25) is 19.0 Å². The maximum atomic E-state index is 13.1. The van der Waals surface area contributed by atoms with Gasteiger partial charge in [-0.15, -0.1) is 11.3 Å². The molecule has 0 aliphatic carbocycles. The van der Waals surface area contributed by atoms with E-state index in [-0.39, 0.29) is 23.8 Å². The highest BCUT2D eigenvalue weighted by Gasteiger charge is 2.23. The summed E-state index contributed by atoms with van der Waals surface area (Å²) < 4.78 is 2.54. The molecule has 0 bridgehead atoms. The molecule has 1 saturated heterocycles. The predicted octanol–water partition coefficient (Wildman–Crippen LogP) is 2.45. The van der Waals surface area contributed by atoms with E-state index in [9.17, 15) is 14.4 Å². The van der Waals surface area contributed by atoms with Gasteiger partial charge in [-0.1, -0.05) is 27.7 Å². The summed E-state index contributed by atoms with van der Waals surface area (Å²) in [5.74, 6) is 0.508. The van der Waals surface area contributed by atoms with Gasteiger partial charge in [-0.2, -0.15) is 11.3 Å². The molecule has 3 heterocycles. The number of hydrogen-bond donors (Lipinski definition) is 0. The summed E-state index contributed by atoms with van der Waals surface area (Å²) in [6.45, 7) is 9.17. The molecule has 29 heavy (non-hydrogen) atoms. The second kappa shape index (κ2) is 8.79. The van der Waals surface area contributed by atoms with Crippen molar-refractivity contribution in [1.29, 1.82) is 0 Å². The van der Waals surface area contributed by atoms with Gasteiger partial charge in [0.2, 0.25) is 5.91 Å². The Morgan fingerprint density at radius 3 is 2.52 bits per heavy atom. The van der Waals surface area contributed by atoms with E-state index in [1.54, 1.807) is 11.3 Å². The third-order valence-electron chi connectivity index (χ3n) is 5.20. The van der Waals surface area contributed by atoms with Crippen molar-refractivity contribution in [1.82, 2.24) is 9.47 Å². The normalized spacial score (nSPS) is 17.2. The Bertz CT molecular complexity index is 1050. The molecule has 1 fully saturated rings. The van der Waals surface area contributed by atoms with Gasteiger partial charge < -0.3 is 4.90 Å². The van der Waals surface area contributed by atoms with E-state index in [2.05, 4.69) is 6.92 Å². The van der Waals surface area contributed by atoms with Crippen molar-refractivity contribution >= 4 is 46.5 Å². The number of piperidine rings is 1. The summed E-state index contributed by atoms with van der Waals surface area (Å²) in [6.07, 6.45) is 5.32. The molecule has 0 spiro atoms. The van der Waals surface area contributed by atoms with E-state index in [0.29, 0.717) is 15.1 Å². The van der Waals surface area contributed by atoms with Crippen LogP contribution in [0.4, 0.5) is 0 Å². The Hall–Kier alpha value is -1.99. The SMILES string of the molecule is CC1CCN(C(=O)Cn2c(=O)/c(=C\c3ccsc3)s/c2=C\C(=O)C(C)(C)C)CC1. The molecule has 0 N–H and O–H groups in total. The number of thiophene rings is 1. The molecule has 2 aromatic heterocycles. The Morgan fingerprint density at radius 2 is 1.93 bits per heavy atom. The Kier molecular flexibility index (Phi) is 6.58. The molecule has 0 aromatic carbocycles. The smallest absolute Gasteiger partial charge is 0.269 e. The quantitative estimate of drug-likeness (QED) is 0.746. The van der Waals surface area contributed by atoms with Crippen LogP contribution in [0.2, 0.25) is 0 Å². The van der Waals surface area contributed by atoms with Crippen molar-refractivity contribution in [2.24, 2.45) is 11.3 Å². The van der Waals surface area contributed by atoms with Gasteiger partial charge in [0, 0.05) is 24.6 Å².